The number of carbonyl (C=O) groups excluding carboxylic acids is 6. The molecule has 4 aromatic rings. The summed E-state index contributed by atoms with van der Waals surface area (Å²) in [5.74, 6) is -3.70. The highest BCUT2D eigenvalue weighted by Gasteiger charge is 2.72. The standard InChI is InChI=1S/C52H53Cl2FN6O6/c1-30-18-25-40(46(63)57-30)61-48(65)34-13-12-16-38(42(34)49(61)66)56-28-10-5-3-2-4-7-17-41(62)31-19-22-33(23-20-31)58-47(64)45-43(35-14-11-15-37(54)44(35)55)52(51(60-45)26-8-6-9-27-51)36-24-21-32(53)29-39(36)59-50(52)67/h11-16,19-24,29,40,43,45,56,60H,1-10,17-18,25-28H2,(H,57,63)(H,58,64)(H,59,67)/t40?,43-,45+,52+/m0/s1. The van der Waals surface area contributed by atoms with Gasteiger partial charge in [0.25, 0.3) is 11.8 Å². The molecule has 15 heteroatoms. The zero-order valence-electron chi connectivity index (χ0n) is 37.1. The molecule has 3 fully saturated rings. The van der Waals surface area contributed by atoms with Crippen LogP contribution in [0.2, 0.25) is 10.0 Å². The molecular weight excluding hydrogens is 895 g/mol. The zero-order chi connectivity index (χ0) is 47.0. The van der Waals surface area contributed by atoms with Crippen molar-refractivity contribution in [2.75, 3.05) is 22.5 Å². The van der Waals surface area contributed by atoms with E-state index in [1.165, 1.54) is 6.07 Å². The molecule has 4 heterocycles. The lowest BCUT2D eigenvalue weighted by molar-refractivity contribution is -0.125. The Bertz CT molecular complexity index is 2690. The van der Waals surface area contributed by atoms with Crippen LogP contribution >= 0.6 is 23.2 Å². The molecule has 5 amide bonds. The Morgan fingerprint density at radius 2 is 1.57 bits per heavy atom. The van der Waals surface area contributed by atoms with Gasteiger partial charge in [0.1, 0.15) is 17.3 Å². The van der Waals surface area contributed by atoms with Gasteiger partial charge in [0.05, 0.1) is 22.2 Å². The molecule has 12 nitrogen and oxygen atoms in total. The van der Waals surface area contributed by atoms with Crippen LogP contribution in [0.4, 0.5) is 21.5 Å². The summed E-state index contributed by atoms with van der Waals surface area (Å²) in [4.78, 5) is 82.7. The number of benzene rings is 4. The molecule has 1 unspecified atom stereocenters. The number of piperidine rings is 1. The average Bonchev–Trinajstić information content (AvgIpc) is 3.87. The van der Waals surface area contributed by atoms with Gasteiger partial charge in [-0.2, -0.15) is 0 Å². The third-order valence-electron chi connectivity index (χ3n) is 14.5. The van der Waals surface area contributed by atoms with Crippen LogP contribution in [0.15, 0.2) is 91.1 Å². The number of allylic oxidation sites excluding steroid dienone is 1. The molecule has 4 atom stereocenters. The molecule has 9 rings (SSSR count). The Labute approximate surface area is 398 Å². The number of ketones is 1. The minimum absolute atomic E-state index is 0.000197. The molecule has 348 valence electrons. The molecule has 2 saturated heterocycles. The summed E-state index contributed by atoms with van der Waals surface area (Å²) in [6, 6.07) is 20.0. The first kappa shape index (κ1) is 46.2. The van der Waals surface area contributed by atoms with Gasteiger partial charge in [-0.05, 0) is 104 Å². The van der Waals surface area contributed by atoms with Crippen LogP contribution in [0.5, 0.6) is 0 Å². The maximum Gasteiger partial charge on any atom is 0.264 e. The van der Waals surface area contributed by atoms with Crippen molar-refractivity contribution in [2.45, 2.75) is 119 Å². The van der Waals surface area contributed by atoms with Gasteiger partial charge < -0.3 is 21.3 Å². The quantitative estimate of drug-likeness (QED) is 0.0447. The van der Waals surface area contributed by atoms with E-state index in [-0.39, 0.29) is 22.3 Å². The lowest BCUT2D eigenvalue weighted by atomic mass is 9.55. The van der Waals surface area contributed by atoms with E-state index >= 15 is 4.39 Å². The van der Waals surface area contributed by atoms with Crippen LogP contribution in [-0.4, -0.2) is 64.4 Å². The van der Waals surface area contributed by atoms with Crippen LogP contribution in [0, 0.1) is 5.82 Å². The Balaban J connectivity index is 0.774. The number of rotatable bonds is 15. The second-order valence-corrected chi connectivity index (χ2v) is 19.3. The first-order chi connectivity index (χ1) is 32.3. The number of nitrogens with zero attached hydrogens (tertiary/aromatic N) is 1. The van der Waals surface area contributed by atoms with E-state index in [9.17, 15) is 28.8 Å². The summed E-state index contributed by atoms with van der Waals surface area (Å²) in [5, 5.41) is 16.0. The molecule has 5 aliphatic rings. The van der Waals surface area contributed by atoms with Crippen molar-refractivity contribution in [1.82, 2.24) is 15.5 Å². The highest BCUT2D eigenvalue weighted by Crippen LogP contribution is 2.63. The van der Waals surface area contributed by atoms with E-state index in [0.29, 0.717) is 88.7 Å². The van der Waals surface area contributed by atoms with Gasteiger partial charge in [0.15, 0.2) is 5.78 Å². The monoisotopic (exact) mass is 946 g/mol. The fraction of sp³-hybridized carbons (Fsp3) is 0.385. The number of nitrogens with one attached hydrogen (secondary N) is 5. The molecule has 4 aliphatic heterocycles. The second-order valence-electron chi connectivity index (χ2n) is 18.5. The SMILES string of the molecule is C=C1CCC(N2C(=O)c3cccc(NCCCCCCCCC(=O)c4ccc(NC(=O)[C@@H]5NC6(CCCCC6)[C@@]6(C(=O)Nc7cc(Cl)ccc76)[C@H]5c5cccc(Cl)c5F)cc4)c3C2=O)C(=O)N1. The minimum atomic E-state index is -1.35. The third-order valence-corrected chi connectivity index (χ3v) is 15.0. The number of amides is 5. The van der Waals surface area contributed by atoms with Crippen LogP contribution < -0.4 is 26.6 Å². The molecule has 0 bridgehead atoms. The normalized spacial score (nSPS) is 22.8. The third kappa shape index (κ3) is 8.33. The van der Waals surface area contributed by atoms with Crippen molar-refractivity contribution in [1.29, 1.82) is 0 Å². The number of Topliss-reactive ketones (excluding diaryl/α,β-unsaturated/α-hetero) is 1. The topological polar surface area (TPSA) is 166 Å². The largest absolute Gasteiger partial charge is 0.384 e. The Morgan fingerprint density at radius 1 is 0.836 bits per heavy atom. The van der Waals surface area contributed by atoms with Crippen molar-refractivity contribution < 1.29 is 33.2 Å². The molecule has 0 aromatic heterocycles. The predicted octanol–water partition coefficient (Wildman–Crippen LogP) is 9.83. The number of hydrogen-bond donors (Lipinski definition) is 5. The Morgan fingerprint density at radius 3 is 2.33 bits per heavy atom. The first-order valence-corrected chi connectivity index (χ1v) is 24.1. The van der Waals surface area contributed by atoms with Crippen molar-refractivity contribution >= 4 is 75.6 Å². The minimum Gasteiger partial charge on any atom is -0.384 e. The van der Waals surface area contributed by atoms with Gasteiger partial charge in [0.2, 0.25) is 17.7 Å². The maximum absolute atomic E-state index is 16.3. The van der Waals surface area contributed by atoms with Crippen LogP contribution in [0.1, 0.15) is 138 Å². The number of halogens is 3. The summed E-state index contributed by atoms with van der Waals surface area (Å²) >= 11 is 12.8. The van der Waals surface area contributed by atoms with E-state index in [0.717, 1.165) is 62.7 Å². The van der Waals surface area contributed by atoms with Crippen LogP contribution in [0.3, 0.4) is 0 Å². The van der Waals surface area contributed by atoms with Crippen LogP contribution in [-0.2, 0) is 19.8 Å². The second kappa shape index (κ2) is 19.0. The molecule has 1 saturated carbocycles. The average molecular weight is 948 g/mol. The van der Waals surface area contributed by atoms with Crippen molar-refractivity contribution in [3.63, 3.8) is 0 Å². The number of unbranched alkanes of at least 4 members (excludes halogenated alkanes) is 5. The molecule has 1 aliphatic carbocycles. The smallest absolute Gasteiger partial charge is 0.264 e. The number of fused-ring (bicyclic) bond motifs is 4. The molecular formula is C52H53Cl2FN6O6. The van der Waals surface area contributed by atoms with E-state index in [1.807, 2.05) is 6.07 Å². The predicted molar refractivity (Wildman–Crippen MR) is 256 cm³/mol. The van der Waals surface area contributed by atoms with Crippen molar-refractivity contribution in [3.8, 4) is 0 Å². The summed E-state index contributed by atoms with van der Waals surface area (Å²) in [6.07, 6.45) is 10.4. The van der Waals surface area contributed by atoms with E-state index in [4.69, 9.17) is 23.2 Å². The van der Waals surface area contributed by atoms with Gasteiger partial charge >= 0.3 is 0 Å². The van der Waals surface area contributed by atoms with E-state index in [1.54, 1.807) is 66.7 Å². The molecule has 67 heavy (non-hydrogen) atoms. The van der Waals surface area contributed by atoms with Gasteiger partial charge in [-0.3, -0.25) is 39.0 Å². The lowest BCUT2D eigenvalue weighted by Crippen LogP contribution is -2.60. The number of hydrogen-bond acceptors (Lipinski definition) is 8. The van der Waals surface area contributed by atoms with E-state index < -0.39 is 58.4 Å². The Kier molecular flexibility index (Phi) is 13.1. The zero-order valence-corrected chi connectivity index (χ0v) is 38.6. The van der Waals surface area contributed by atoms with Gasteiger partial charge in [-0.25, -0.2) is 4.39 Å². The van der Waals surface area contributed by atoms with Gasteiger partial charge in [-0.1, -0.05) is 99.0 Å². The molecule has 0 radical (unpaired) electrons. The van der Waals surface area contributed by atoms with Gasteiger partial charge in [-0.15, -0.1) is 0 Å². The number of anilines is 3. The molecule has 2 spiro atoms. The highest BCUT2D eigenvalue weighted by molar-refractivity contribution is 6.31. The summed E-state index contributed by atoms with van der Waals surface area (Å²) < 4.78 is 16.3. The fourth-order valence-electron chi connectivity index (χ4n) is 11.4. The Hall–Kier alpha value is -5.89. The fourth-order valence-corrected chi connectivity index (χ4v) is 11.8. The maximum atomic E-state index is 16.3. The van der Waals surface area contributed by atoms with Crippen molar-refractivity contribution in [2.24, 2.45) is 0 Å². The van der Waals surface area contributed by atoms with Crippen molar-refractivity contribution in [3.05, 3.63) is 135 Å². The number of carbonyl (C=O) groups is 6. The van der Waals surface area contributed by atoms with E-state index in [2.05, 4.69) is 33.2 Å². The van der Waals surface area contributed by atoms with Crippen LogP contribution in [0.25, 0.3) is 0 Å². The summed E-state index contributed by atoms with van der Waals surface area (Å²) in [5.41, 5.74) is 1.93. The number of imide groups is 1. The summed E-state index contributed by atoms with van der Waals surface area (Å²) in [7, 11) is 0. The first-order valence-electron chi connectivity index (χ1n) is 23.4. The highest BCUT2D eigenvalue weighted by atomic mass is 35.5. The molecule has 5 N–H and O–H groups in total. The molecule has 4 aromatic carbocycles. The summed E-state index contributed by atoms with van der Waals surface area (Å²) in [6.45, 7) is 4.39. The van der Waals surface area contributed by atoms with Gasteiger partial charge in [0, 0.05) is 57.8 Å². The lowest BCUT2D eigenvalue weighted by Gasteiger charge is -2.47.